The number of halogens is 1. The van der Waals surface area contributed by atoms with Gasteiger partial charge in [-0.1, -0.05) is 25.5 Å². The van der Waals surface area contributed by atoms with Gasteiger partial charge < -0.3 is 19.5 Å². The Morgan fingerprint density at radius 3 is 2.67 bits per heavy atom. The number of unbranched alkanes of at least 4 members (excludes halogenated alkanes) is 1. The van der Waals surface area contributed by atoms with Crippen molar-refractivity contribution >= 4 is 22.9 Å². The molecule has 1 atom stereocenters. The van der Waals surface area contributed by atoms with Crippen LogP contribution >= 0.6 is 0 Å². The maximum absolute atomic E-state index is 13.7. The summed E-state index contributed by atoms with van der Waals surface area (Å²) in [4.78, 5) is 43.6. The summed E-state index contributed by atoms with van der Waals surface area (Å²) in [6.07, 6.45) is 2.42. The van der Waals surface area contributed by atoms with E-state index in [1.54, 1.807) is 25.3 Å². The molecule has 10 heteroatoms. The number of hydrogen-bond acceptors (Lipinski definition) is 7. The first-order valence-electron chi connectivity index (χ1n) is 11.9. The second-order valence-electron chi connectivity index (χ2n) is 8.38. The Balaban J connectivity index is 1.96. The van der Waals surface area contributed by atoms with Gasteiger partial charge >= 0.3 is 5.97 Å². The van der Waals surface area contributed by atoms with Gasteiger partial charge in [-0.05, 0) is 31.0 Å². The van der Waals surface area contributed by atoms with E-state index in [1.807, 2.05) is 6.92 Å². The molecule has 2 aromatic heterocycles. The highest BCUT2D eigenvalue weighted by Crippen LogP contribution is 2.38. The zero-order valence-corrected chi connectivity index (χ0v) is 20.4. The van der Waals surface area contributed by atoms with Gasteiger partial charge in [0, 0.05) is 25.2 Å². The van der Waals surface area contributed by atoms with Crippen molar-refractivity contribution in [2.24, 2.45) is 0 Å². The van der Waals surface area contributed by atoms with Crippen LogP contribution in [0.3, 0.4) is 0 Å². The second-order valence-corrected chi connectivity index (χ2v) is 8.38. The van der Waals surface area contributed by atoms with E-state index in [2.05, 4.69) is 10.3 Å². The number of ether oxygens (including phenoxy) is 3. The van der Waals surface area contributed by atoms with Crippen LogP contribution in [0.15, 0.2) is 35.3 Å². The Hall–Kier alpha value is -3.95. The molecule has 9 nitrogen and oxygen atoms in total. The number of aromatic nitrogens is 2. The summed E-state index contributed by atoms with van der Waals surface area (Å²) in [5, 5.41) is 2.54. The molecule has 1 aliphatic rings. The van der Waals surface area contributed by atoms with Crippen molar-refractivity contribution in [2.75, 3.05) is 20.3 Å². The minimum absolute atomic E-state index is 0.0368. The minimum atomic E-state index is -1.01. The summed E-state index contributed by atoms with van der Waals surface area (Å²) >= 11 is 0. The fourth-order valence-corrected chi connectivity index (χ4v) is 4.13. The molecule has 3 aromatic rings. The normalized spacial score (nSPS) is 14.3. The topological polar surface area (TPSA) is 109 Å². The van der Waals surface area contributed by atoms with Crippen LogP contribution in [-0.4, -0.2) is 47.8 Å². The van der Waals surface area contributed by atoms with Gasteiger partial charge in [-0.25, -0.2) is 9.18 Å². The third-order valence-electron chi connectivity index (χ3n) is 5.93. The molecule has 1 amide bonds. The number of rotatable bonds is 9. The molecule has 1 aromatic carbocycles. The highest BCUT2D eigenvalue weighted by Gasteiger charge is 2.35. The summed E-state index contributed by atoms with van der Waals surface area (Å²) in [6, 6.07) is 5.98. The van der Waals surface area contributed by atoms with E-state index >= 15 is 0 Å². The molecule has 0 saturated carbocycles. The Labute approximate surface area is 207 Å². The van der Waals surface area contributed by atoms with Crippen molar-refractivity contribution < 1.29 is 28.2 Å². The largest absolute Gasteiger partial charge is 0.490 e. The van der Waals surface area contributed by atoms with E-state index in [1.165, 1.54) is 23.7 Å². The average Bonchev–Trinajstić information content (AvgIpc) is 2.88. The Kier molecular flexibility index (Phi) is 7.52. The molecule has 0 spiro atoms. The fraction of sp³-hybridized carbons (Fsp3) is 0.385. The molecule has 0 radical (unpaired) electrons. The van der Waals surface area contributed by atoms with Crippen molar-refractivity contribution in [1.82, 2.24) is 14.9 Å². The van der Waals surface area contributed by atoms with Crippen LogP contribution in [0.25, 0.3) is 11.0 Å². The standard InChI is InChI=1S/C26H28FN3O6/c1-4-6-11-35-23-19(26(33)34-5-2)25(32)30-14-18(24(31)28-3)36-22-16(13-29-20(23)21(22)30)12-15-7-9-17(27)10-8-15/h7-10,13,18H,4-6,11-12,14H2,1-3H3,(H,28,31)/t18-/m0/s1. The molecule has 4 rings (SSSR count). The van der Waals surface area contributed by atoms with Gasteiger partial charge in [-0.3, -0.25) is 19.1 Å². The molecule has 36 heavy (non-hydrogen) atoms. The zero-order valence-electron chi connectivity index (χ0n) is 20.4. The number of carbonyl (C=O) groups excluding carboxylic acids is 2. The molecule has 0 aliphatic carbocycles. The van der Waals surface area contributed by atoms with Gasteiger partial charge in [0.2, 0.25) is 0 Å². The molecule has 0 bridgehead atoms. The molecular weight excluding hydrogens is 469 g/mol. The van der Waals surface area contributed by atoms with E-state index in [9.17, 15) is 18.8 Å². The Morgan fingerprint density at radius 1 is 1.25 bits per heavy atom. The van der Waals surface area contributed by atoms with Crippen LogP contribution in [-0.2, 0) is 22.5 Å². The van der Waals surface area contributed by atoms with Crippen molar-refractivity contribution in [2.45, 2.75) is 45.8 Å². The highest BCUT2D eigenvalue weighted by atomic mass is 19.1. The lowest BCUT2D eigenvalue weighted by atomic mass is 10.0. The molecule has 1 aliphatic heterocycles. The van der Waals surface area contributed by atoms with Gasteiger partial charge in [0.1, 0.15) is 16.9 Å². The molecule has 1 N–H and O–H groups in total. The van der Waals surface area contributed by atoms with Crippen molar-refractivity contribution in [3.63, 3.8) is 0 Å². The van der Waals surface area contributed by atoms with E-state index in [4.69, 9.17) is 14.2 Å². The SMILES string of the molecule is CCCCOc1c(C(=O)OCC)c(=O)n2c3c(c(Cc4ccc(F)cc4)cnc13)O[C@H](C(=O)NC)C2. The van der Waals surface area contributed by atoms with Crippen LogP contribution in [0, 0.1) is 5.82 Å². The molecule has 3 heterocycles. The quantitative estimate of drug-likeness (QED) is 0.358. The summed E-state index contributed by atoms with van der Waals surface area (Å²) in [5.41, 5.74) is 1.07. The predicted octanol–water partition coefficient (Wildman–Crippen LogP) is 2.99. The maximum atomic E-state index is 13.7. The first kappa shape index (κ1) is 25.2. The summed E-state index contributed by atoms with van der Waals surface area (Å²) in [5.74, 6) is -1.28. The monoisotopic (exact) mass is 497 g/mol. The number of benzene rings is 1. The van der Waals surface area contributed by atoms with E-state index < -0.39 is 23.5 Å². The summed E-state index contributed by atoms with van der Waals surface area (Å²) < 4.78 is 32.0. The van der Waals surface area contributed by atoms with Crippen LogP contribution in [0.4, 0.5) is 4.39 Å². The highest BCUT2D eigenvalue weighted by molar-refractivity contribution is 6.00. The minimum Gasteiger partial charge on any atom is -0.490 e. The maximum Gasteiger partial charge on any atom is 0.347 e. The lowest BCUT2D eigenvalue weighted by molar-refractivity contribution is -0.128. The average molecular weight is 498 g/mol. The van der Waals surface area contributed by atoms with Gasteiger partial charge in [0.05, 0.1) is 19.8 Å². The number of esters is 1. The van der Waals surface area contributed by atoms with E-state index in [-0.39, 0.29) is 48.2 Å². The third-order valence-corrected chi connectivity index (χ3v) is 5.93. The molecule has 0 saturated heterocycles. The number of nitrogens with zero attached hydrogens (tertiary/aromatic N) is 2. The predicted molar refractivity (Wildman–Crippen MR) is 130 cm³/mol. The van der Waals surface area contributed by atoms with Crippen LogP contribution in [0.5, 0.6) is 11.5 Å². The smallest absolute Gasteiger partial charge is 0.347 e. The van der Waals surface area contributed by atoms with Gasteiger partial charge in [0.15, 0.2) is 23.2 Å². The van der Waals surface area contributed by atoms with Gasteiger partial charge in [0.25, 0.3) is 11.5 Å². The summed E-state index contributed by atoms with van der Waals surface area (Å²) in [7, 11) is 1.47. The molecule has 0 fully saturated rings. The number of amides is 1. The third kappa shape index (κ3) is 4.75. The number of pyridine rings is 2. The second kappa shape index (κ2) is 10.8. The number of hydrogen-bond donors (Lipinski definition) is 1. The molecule has 0 unspecified atom stereocenters. The fourth-order valence-electron chi connectivity index (χ4n) is 4.13. The number of likely N-dealkylation sites (N-methyl/N-ethyl adjacent to an activating group) is 1. The lowest BCUT2D eigenvalue weighted by Gasteiger charge is -2.29. The zero-order chi connectivity index (χ0) is 25.8. The van der Waals surface area contributed by atoms with Crippen LogP contribution in [0.1, 0.15) is 48.2 Å². The molecule has 190 valence electrons. The number of carbonyl (C=O) groups is 2. The number of nitrogens with one attached hydrogen (secondary N) is 1. The van der Waals surface area contributed by atoms with Crippen molar-refractivity contribution in [1.29, 1.82) is 0 Å². The van der Waals surface area contributed by atoms with Crippen molar-refractivity contribution in [3.05, 3.63) is 63.3 Å². The van der Waals surface area contributed by atoms with Crippen LogP contribution in [0.2, 0.25) is 0 Å². The summed E-state index contributed by atoms with van der Waals surface area (Å²) in [6.45, 7) is 3.87. The molecular formula is C26H28FN3O6. The van der Waals surface area contributed by atoms with E-state index in [0.29, 0.717) is 23.9 Å². The first-order chi connectivity index (χ1) is 17.4. The van der Waals surface area contributed by atoms with Gasteiger partial charge in [-0.2, -0.15) is 0 Å². The van der Waals surface area contributed by atoms with Gasteiger partial charge in [-0.15, -0.1) is 0 Å². The van der Waals surface area contributed by atoms with Crippen LogP contribution < -0.4 is 20.3 Å². The lowest BCUT2D eigenvalue weighted by Crippen LogP contribution is -2.45. The first-order valence-corrected chi connectivity index (χ1v) is 11.9. The van der Waals surface area contributed by atoms with E-state index in [0.717, 1.165) is 12.0 Å². The Bertz CT molecular complexity index is 1350. The van der Waals surface area contributed by atoms with Crippen molar-refractivity contribution in [3.8, 4) is 11.5 Å². The Morgan fingerprint density at radius 2 is 2.00 bits per heavy atom.